The lowest BCUT2D eigenvalue weighted by molar-refractivity contribution is 0.554. The summed E-state index contributed by atoms with van der Waals surface area (Å²) in [6.07, 6.45) is 5.88. The lowest BCUT2D eigenvalue weighted by atomic mass is 10.2. The van der Waals surface area contributed by atoms with E-state index in [-0.39, 0.29) is 17.3 Å². The Labute approximate surface area is 134 Å². The van der Waals surface area contributed by atoms with Crippen molar-refractivity contribution in [1.82, 2.24) is 4.72 Å². The summed E-state index contributed by atoms with van der Waals surface area (Å²) in [4.78, 5) is -0.505. The number of hydrogen-bond acceptors (Lipinski definition) is 4. The second-order valence-electron chi connectivity index (χ2n) is 4.61. The van der Waals surface area contributed by atoms with Crippen molar-refractivity contribution in [1.29, 1.82) is 0 Å². The van der Waals surface area contributed by atoms with Gasteiger partial charge in [0.2, 0.25) is 10.0 Å². The van der Waals surface area contributed by atoms with E-state index in [4.69, 9.17) is 17.3 Å². The minimum atomic E-state index is -3.93. The molecule has 0 aliphatic heterocycles. The van der Waals surface area contributed by atoms with Crippen LogP contribution in [0.15, 0.2) is 17.0 Å². The van der Waals surface area contributed by atoms with E-state index in [1.165, 1.54) is 6.07 Å². The van der Waals surface area contributed by atoms with Crippen LogP contribution < -0.4 is 10.5 Å². The lowest BCUT2D eigenvalue weighted by Gasteiger charge is -2.09. The first-order valence-electron chi connectivity index (χ1n) is 6.61. The third-order valence-electron chi connectivity index (χ3n) is 2.89. The molecule has 0 atom stereocenters. The Morgan fingerprint density at radius 2 is 1.95 bits per heavy atom. The minimum absolute atomic E-state index is 0.0892. The first kappa shape index (κ1) is 18.5. The van der Waals surface area contributed by atoms with Crippen molar-refractivity contribution in [2.24, 2.45) is 0 Å². The number of nitrogens with two attached hydrogens (primary N) is 1. The summed E-state index contributed by atoms with van der Waals surface area (Å²) in [5, 5.41) is 0.0892. The maximum Gasteiger partial charge on any atom is 0.243 e. The van der Waals surface area contributed by atoms with Crippen LogP contribution in [0.3, 0.4) is 0 Å². The Morgan fingerprint density at radius 3 is 2.62 bits per heavy atom. The quantitative estimate of drug-likeness (QED) is 0.527. The van der Waals surface area contributed by atoms with E-state index in [0.29, 0.717) is 6.42 Å². The molecule has 0 aliphatic carbocycles. The minimum Gasteiger partial charge on any atom is -0.396 e. The van der Waals surface area contributed by atoms with E-state index in [0.717, 1.165) is 31.1 Å². The number of nitrogens with one attached hydrogen (secondary N) is 1. The van der Waals surface area contributed by atoms with E-state index in [2.05, 4.69) is 11.0 Å². The molecule has 0 fully saturated rings. The van der Waals surface area contributed by atoms with E-state index < -0.39 is 20.7 Å². The summed E-state index contributed by atoms with van der Waals surface area (Å²) in [7, 11) is -3.93. The molecule has 0 amide bonds. The van der Waals surface area contributed by atoms with Crippen LogP contribution in [0.25, 0.3) is 0 Å². The number of rotatable bonds is 9. The molecule has 0 aliphatic rings. The fraction of sp³-hybridized carbons (Fsp3) is 0.538. The van der Waals surface area contributed by atoms with Crippen LogP contribution in [0, 0.1) is 5.82 Å². The maximum absolute atomic E-state index is 13.8. The monoisotopic (exact) mass is 354 g/mol. The average Bonchev–Trinajstić information content (AvgIpc) is 2.41. The van der Waals surface area contributed by atoms with Crippen LogP contribution in [-0.2, 0) is 10.0 Å². The van der Waals surface area contributed by atoms with Gasteiger partial charge in [0.05, 0.1) is 5.69 Å². The first-order chi connectivity index (χ1) is 9.88. The predicted molar refractivity (Wildman–Crippen MR) is 87.9 cm³/mol. The second kappa shape index (κ2) is 8.82. The number of unbranched alkanes of at least 4 members (excludes halogenated alkanes) is 3. The van der Waals surface area contributed by atoms with Crippen molar-refractivity contribution in [2.45, 2.75) is 30.6 Å². The number of sulfonamides is 1. The number of halogens is 2. The Morgan fingerprint density at radius 1 is 1.29 bits per heavy atom. The maximum atomic E-state index is 13.8. The summed E-state index contributed by atoms with van der Waals surface area (Å²) in [6.45, 7) is 0.271. The summed E-state index contributed by atoms with van der Waals surface area (Å²) >= 11 is 7.51. The van der Waals surface area contributed by atoms with Gasteiger partial charge in [-0.3, -0.25) is 0 Å². The SMILES string of the molecule is CSCCCCCCNS(=O)(=O)c1cc(Cl)cc(N)c1F. The van der Waals surface area contributed by atoms with Gasteiger partial charge < -0.3 is 5.73 Å². The Balaban J connectivity index is 2.55. The number of benzene rings is 1. The molecular formula is C13H20ClFN2O2S2. The summed E-state index contributed by atoms with van der Waals surface area (Å²) in [5.41, 5.74) is 5.11. The Bertz CT molecular complexity index is 568. The topological polar surface area (TPSA) is 72.2 Å². The molecule has 4 nitrogen and oxygen atoms in total. The van der Waals surface area contributed by atoms with Gasteiger partial charge in [0.25, 0.3) is 0 Å². The molecule has 1 aromatic carbocycles. The molecule has 0 bridgehead atoms. The largest absolute Gasteiger partial charge is 0.396 e. The van der Waals surface area contributed by atoms with E-state index >= 15 is 0 Å². The van der Waals surface area contributed by atoms with Crippen LogP contribution in [0.4, 0.5) is 10.1 Å². The van der Waals surface area contributed by atoms with Crippen molar-refractivity contribution in [3.63, 3.8) is 0 Å². The van der Waals surface area contributed by atoms with Gasteiger partial charge in [-0.15, -0.1) is 0 Å². The van der Waals surface area contributed by atoms with Crippen LogP contribution >= 0.6 is 23.4 Å². The zero-order valence-electron chi connectivity index (χ0n) is 11.9. The normalized spacial score (nSPS) is 11.8. The van der Waals surface area contributed by atoms with Gasteiger partial charge in [-0.05, 0) is 37.0 Å². The molecular weight excluding hydrogens is 335 g/mol. The van der Waals surface area contributed by atoms with Crippen molar-refractivity contribution in [3.8, 4) is 0 Å². The highest BCUT2D eigenvalue weighted by Crippen LogP contribution is 2.25. The highest BCUT2D eigenvalue weighted by Gasteiger charge is 2.21. The van der Waals surface area contributed by atoms with Gasteiger partial charge in [0, 0.05) is 11.6 Å². The van der Waals surface area contributed by atoms with Crippen LogP contribution in [0.1, 0.15) is 25.7 Å². The molecule has 8 heteroatoms. The smallest absolute Gasteiger partial charge is 0.243 e. The molecule has 1 aromatic rings. The summed E-state index contributed by atoms with van der Waals surface area (Å²) in [5.74, 6) is 0.144. The fourth-order valence-corrected chi connectivity index (χ4v) is 3.78. The predicted octanol–water partition coefficient (Wildman–Crippen LogP) is 3.26. The van der Waals surface area contributed by atoms with E-state index in [1.807, 2.05) is 0 Å². The summed E-state index contributed by atoms with van der Waals surface area (Å²) in [6, 6.07) is 2.25. The number of nitrogen functional groups attached to an aromatic ring is 1. The molecule has 0 spiro atoms. The van der Waals surface area contributed by atoms with Gasteiger partial charge in [0.1, 0.15) is 4.90 Å². The lowest BCUT2D eigenvalue weighted by Crippen LogP contribution is -2.26. The van der Waals surface area contributed by atoms with Crippen molar-refractivity contribution < 1.29 is 12.8 Å². The molecule has 0 saturated heterocycles. The van der Waals surface area contributed by atoms with E-state index in [9.17, 15) is 12.8 Å². The third kappa shape index (κ3) is 6.02. The van der Waals surface area contributed by atoms with Gasteiger partial charge in [-0.1, -0.05) is 24.4 Å². The highest BCUT2D eigenvalue weighted by atomic mass is 35.5. The van der Waals surface area contributed by atoms with E-state index in [1.54, 1.807) is 11.8 Å². The van der Waals surface area contributed by atoms with Gasteiger partial charge in [0.15, 0.2) is 5.82 Å². The number of hydrogen-bond donors (Lipinski definition) is 2. The highest BCUT2D eigenvalue weighted by molar-refractivity contribution is 7.98. The molecule has 0 heterocycles. The molecule has 0 aromatic heterocycles. The van der Waals surface area contributed by atoms with Crippen LogP contribution in [0.2, 0.25) is 5.02 Å². The molecule has 1 rings (SSSR count). The van der Waals surface area contributed by atoms with Crippen molar-refractivity contribution >= 4 is 39.1 Å². The average molecular weight is 355 g/mol. The molecule has 0 saturated carbocycles. The molecule has 21 heavy (non-hydrogen) atoms. The summed E-state index contributed by atoms with van der Waals surface area (Å²) < 4.78 is 40.2. The number of thioether (sulfide) groups is 1. The van der Waals surface area contributed by atoms with Crippen molar-refractivity contribution in [3.05, 3.63) is 23.0 Å². The molecule has 3 N–H and O–H groups in total. The zero-order chi connectivity index (χ0) is 15.9. The van der Waals surface area contributed by atoms with Crippen LogP contribution in [0.5, 0.6) is 0 Å². The molecule has 120 valence electrons. The Hall–Kier alpha value is -0.500. The fourth-order valence-electron chi connectivity index (χ4n) is 1.79. The third-order valence-corrected chi connectivity index (χ3v) is 5.26. The van der Waals surface area contributed by atoms with Gasteiger partial charge in [-0.2, -0.15) is 11.8 Å². The second-order valence-corrected chi connectivity index (χ2v) is 7.77. The first-order valence-corrected chi connectivity index (χ1v) is 9.87. The zero-order valence-corrected chi connectivity index (χ0v) is 14.3. The van der Waals surface area contributed by atoms with Crippen molar-refractivity contribution in [2.75, 3.05) is 24.3 Å². The molecule has 0 radical (unpaired) electrons. The van der Waals surface area contributed by atoms with Gasteiger partial charge >= 0.3 is 0 Å². The Kier molecular flexibility index (Phi) is 7.79. The molecule has 0 unspecified atom stereocenters. The number of anilines is 1. The van der Waals surface area contributed by atoms with Crippen LogP contribution in [-0.4, -0.2) is 27.0 Å². The van der Waals surface area contributed by atoms with Gasteiger partial charge in [-0.25, -0.2) is 17.5 Å². The standard InChI is InChI=1S/C13H20ClFN2O2S2/c1-20-7-5-3-2-4-6-17-21(18,19)12-9-10(14)8-11(16)13(12)15/h8-9,17H,2-7,16H2,1H3.